The van der Waals surface area contributed by atoms with E-state index in [1.807, 2.05) is 61.5 Å². The second kappa shape index (κ2) is 5.82. The summed E-state index contributed by atoms with van der Waals surface area (Å²) in [7, 11) is 0. The van der Waals surface area contributed by atoms with Gasteiger partial charge in [0, 0.05) is 10.2 Å². The Bertz CT molecular complexity index is 680. The zero-order chi connectivity index (χ0) is 14.8. The molecule has 4 heteroatoms. The second-order valence-corrected chi connectivity index (χ2v) is 6.03. The SMILES string of the molecule is CC1=NN(c2ccc(Br)cc2)C(=O)C1Cc1ccccc1. The number of anilines is 1. The Labute approximate surface area is 132 Å². The normalized spacial score (nSPS) is 18.0. The van der Waals surface area contributed by atoms with Gasteiger partial charge in [0.15, 0.2) is 0 Å². The van der Waals surface area contributed by atoms with Crippen molar-refractivity contribution >= 4 is 33.2 Å². The third-order valence-corrected chi connectivity index (χ3v) is 4.15. The van der Waals surface area contributed by atoms with Crippen LogP contribution >= 0.6 is 15.9 Å². The average molecular weight is 343 g/mol. The predicted octanol–water partition coefficient (Wildman–Crippen LogP) is 4.03. The Balaban J connectivity index is 1.82. The Kier molecular flexibility index (Phi) is 3.88. The first-order valence-electron chi connectivity index (χ1n) is 6.84. The molecule has 1 aliphatic rings. The van der Waals surface area contributed by atoms with Crippen LogP contribution in [0.1, 0.15) is 12.5 Å². The van der Waals surface area contributed by atoms with Gasteiger partial charge in [-0.1, -0.05) is 46.3 Å². The number of benzene rings is 2. The molecule has 3 nitrogen and oxygen atoms in total. The first kappa shape index (κ1) is 14.0. The van der Waals surface area contributed by atoms with Gasteiger partial charge >= 0.3 is 0 Å². The fourth-order valence-corrected chi connectivity index (χ4v) is 2.72. The molecule has 1 atom stereocenters. The molecule has 106 valence electrons. The van der Waals surface area contributed by atoms with Crippen molar-refractivity contribution in [2.75, 3.05) is 5.01 Å². The third-order valence-electron chi connectivity index (χ3n) is 3.62. The molecule has 1 aliphatic heterocycles. The smallest absolute Gasteiger partial charge is 0.256 e. The quantitative estimate of drug-likeness (QED) is 0.828. The maximum atomic E-state index is 12.6. The van der Waals surface area contributed by atoms with E-state index in [9.17, 15) is 4.79 Å². The maximum Gasteiger partial charge on any atom is 0.256 e. The van der Waals surface area contributed by atoms with Crippen LogP contribution in [0.3, 0.4) is 0 Å². The first-order valence-corrected chi connectivity index (χ1v) is 7.63. The number of nitrogens with zero attached hydrogens (tertiary/aromatic N) is 2. The molecule has 3 rings (SSSR count). The van der Waals surface area contributed by atoms with Crippen LogP contribution in [-0.2, 0) is 11.2 Å². The van der Waals surface area contributed by atoms with Gasteiger partial charge in [0.2, 0.25) is 0 Å². The molecule has 0 bridgehead atoms. The summed E-state index contributed by atoms with van der Waals surface area (Å²) in [6.45, 7) is 1.92. The first-order chi connectivity index (χ1) is 10.1. The molecule has 0 fully saturated rings. The molecule has 0 spiro atoms. The van der Waals surface area contributed by atoms with Crippen LogP contribution in [0.2, 0.25) is 0 Å². The van der Waals surface area contributed by atoms with E-state index < -0.39 is 0 Å². The van der Waals surface area contributed by atoms with E-state index in [-0.39, 0.29) is 11.8 Å². The molecule has 1 heterocycles. The van der Waals surface area contributed by atoms with Crippen molar-refractivity contribution < 1.29 is 4.79 Å². The van der Waals surface area contributed by atoms with Crippen molar-refractivity contribution in [3.8, 4) is 0 Å². The van der Waals surface area contributed by atoms with E-state index >= 15 is 0 Å². The lowest BCUT2D eigenvalue weighted by atomic mass is 9.95. The largest absolute Gasteiger partial charge is 0.272 e. The summed E-state index contributed by atoms with van der Waals surface area (Å²) in [6, 6.07) is 17.7. The molecule has 2 aromatic carbocycles. The van der Waals surface area contributed by atoms with Crippen LogP contribution in [0, 0.1) is 5.92 Å². The zero-order valence-electron chi connectivity index (χ0n) is 11.7. The van der Waals surface area contributed by atoms with Gasteiger partial charge in [0.1, 0.15) is 0 Å². The molecule has 2 aromatic rings. The lowest BCUT2D eigenvalue weighted by Crippen LogP contribution is -2.28. The lowest BCUT2D eigenvalue weighted by molar-refractivity contribution is -0.119. The molecular formula is C17H15BrN2O. The molecule has 0 aromatic heterocycles. The Hall–Kier alpha value is -1.94. The van der Waals surface area contributed by atoms with Crippen molar-refractivity contribution in [3.63, 3.8) is 0 Å². The minimum atomic E-state index is -0.170. The minimum Gasteiger partial charge on any atom is -0.272 e. The minimum absolute atomic E-state index is 0.0404. The molecule has 0 N–H and O–H groups in total. The molecular weight excluding hydrogens is 328 g/mol. The monoisotopic (exact) mass is 342 g/mol. The summed E-state index contributed by atoms with van der Waals surface area (Å²) in [4.78, 5) is 12.6. The summed E-state index contributed by atoms with van der Waals surface area (Å²) >= 11 is 3.40. The number of halogens is 1. The third kappa shape index (κ3) is 2.90. The van der Waals surface area contributed by atoms with Gasteiger partial charge in [-0.15, -0.1) is 0 Å². The highest BCUT2D eigenvalue weighted by atomic mass is 79.9. The number of carbonyl (C=O) groups excluding carboxylic acids is 1. The van der Waals surface area contributed by atoms with Gasteiger partial charge in [-0.2, -0.15) is 5.10 Å². The number of carbonyl (C=O) groups is 1. The number of rotatable bonds is 3. The fourth-order valence-electron chi connectivity index (χ4n) is 2.46. The fraction of sp³-hybridized carbons (Fsp3) is 0.176. The highest BCUT2D eigenvalue weighted by molar-refractivity contribution is 9.10. The number of hydrazone groups is 1. The molecule has 1 amide bonds. The van der Waals surface area contributed by atoms with Gasteiger partial charge in [-0.25, -0.2) is 5.01 Å². The Morgan fingerprint density at radius 3 is 2.43 bits per heavy atom. The van der Waals surface area contributed by atoms with Crippen molar-refractivity contribution in [2.24, 2.45) is 11.0 Å². The summed E-state index contributed by atoms with van der Waals surface area (Å²) < 4.78 is 0.986. The van der Waals surface area contributed by atoms with Crippen LogP contribution in [0.25, 0.3) is 0 Å². The van der Waals surface area contributed by atoms with E-state index in [1.165, 1.54) is 5.01 Å². The molecule has 21 heavy (non-hydrogen) atoms. The summed E-state index contributed by atoms with van der Waals surface area (Å²) in [5.41, 5.74) is 2.83. The highest BCUT2D eigenvalue weighted by Crippen LogP contribution is 2.27. The summed E-state index contributed by atoms with van der Waals surface area (Å²) in [5.74, 6) is -0.130. The van der Waals surface area contributed by atoms with Gasteiger partial charge in [0.05, 0.1) is 11.6 Å². The second-order valence-electron chi connectivity index (χ2n) is 5.11. The number of hydrogen-bond donors (Lipinski definition) is 0. The van der Waals surface area contributed by atoms with E-state index in [0.717, 1.165) is 21.4 Å². The molecule has 0 saturated heterocycles. The molecule has 1 unspecified atom stereocenters. The zero-order valence-corrected chi connectivity index (χ0v) is 13.2. The van der Waals surface area contributed by atoms with Crippen molar-refractivity contribution in [1.29, 1.82) is 0 Å². The van der Waals surface area contributed by atoms with Gasteiger partial charge < -0.3 is 0 Å². The molecule has 0 saturated carbocycles. The summed E-state index contributed by atoms with van der Waals surface area (Å²) in [5, 5.41) is 5.94. The van der Waals surface area contributed by atoms with Crippen LogP contribution in [-0.4, -0.2) is 11.6 Å². The Morgan fingerprint density at radius 1 is 1.10 bits per heavy atom. The Morgan fingerprint density at radius 2 is 1.76 bits per heavy atom. The predicted molar refractivity (Wildman–Crippen MR) is 88.4 cm³/mol. The van der Waals surface area contributed by atoms with E-state index in [2.05, 4.69) is 21.0 Å². The molecule has 0 radical (unpaired) electrons. The van der Waals surface area contributed by atoms with Gasteiger partial charge in [0.25, 0.3) is 5.91 Å². The maximum absolute atomic E-state index is 12.6. The van der Waals surface area contributed by atoms with Gasteiger partial charge in [-0.05, 0) is 43.2 Å². The van der Waals surface area contributed by atoms with E-state index in [4.69, 9.17) is 0 Å². The van der Waals surface area contributed by atoms with Crippen LogP contribution < -0.4 is 5.01 Å². The average Bonchev–Trinajstić information content (AvgIpc) is 2.77. The summed E-state index contributed by atoms with van der Waals surface area (Å²) in [6.07, 6.45) is 0.696. The van der Waals surface area contributed by atoms with E-state index in [0.29, 0.717) is 6.42 Å². The standard InChI is InChI=1S/C17H15BrN2O/c1-12-16(11-13-5-3-2-4-6-13)17(21)20(19-12)15-9-7-14(18)8-10-15/h2-10,16H,11H2,1H3. The van der Waals surface area contributed by atoms with Crippen LogP contribution in [0.15, 0.2) is 64.2 Å². The van der Waals surface area contributed by atoms with Crippen LogP contribution in [0.5, 0.6) is 0 Å². The van der Waals surface area contributed by atoms with Crippen LogP contribution in [0.4, 0.5) is 5.69 Å². The highest BCUT2D eigenvalue weighted by Gasteiger charge is 2.34. The van der Waals surface area contributed by atoms with Gasteiger partial charge in [-0.3, -0.25) is 4.79 Å². The number of hydrogen-bond acceptors (Lipinski definition) is 2. The lowest BCUT2D eigenvalue weighted by Gasteiger charge is -2.14. The van der Waals surface area contributed by atoms with E-state index in [1.54, 1.807) is 0 Å². The van der Waals surface area contributed by atoms with Crippen molar-refractivity contribution in [2.45, 2.75) is 13.3 Å². The van der Waals surface area contributed by atoms with Crippen molar-refractivity contribution in [3.05, 3.63) is 64.6 Å². The van der Waals surface area contributed by atoms with Crippen molar-refractivity contribution in [1.82, 2.24) is 0 Å². The topological polar surface area (TPSA) is 32.7 Å². The molecule has 0 aliphatic carbocycles. The number of amides is 1.